The Balaban J connectivity index is 2.09. The second-order valence-corrected chi connectivity index (χ2v) is 5.40. The van der Waals surface area contributed by atoms with Gasteiger partial charge in [-0.3, -0.25) is 4.98 Å². The number of hydrogen-bond acceptors (Lipinski definition) is 5. The minimum Gasteiger partial charge on any atom is -0.357 e. The molecular weight excluding hydrogens is 226 g/mol. The maximum absolute atomic E-state index is 5.60. The van der Waals surface area contributed by atoms with Crippen LogP contribution < -0.4 is 10.6 Å². The van der Waals surface area contributed by atoms with Crippen LogP contribution in [0.25, 0.3) is 0 Å². The second kappa shape index (κ2) is 5.20. The number of likely N-dealkylation sites (N-methyl/N-ethyl adjacent to an activating group) is 2. The van der Waals surface area contributed by atoms with Gasteiger partial charge in [0, 0.05) is 31.9 Å². The van der Waals surface area contributed by atoms with Crippen LogP contribution in [0.4, 0.5) is 5.82 Å². The summed E-state index contributed by atoms with van der Waals surface area (Å²) >= 11 is 0. The van der Waals surface area contributed by atoms with Gasteiger partial charge in [0.1, 0.15) is 5.82 Å². The Morgan fingerprint density at radius 3 is 2.50 bits per heavy atom. The van der Waals surface area contributed by atoms with E-state index in [-0.39, 0.29) is 0 Å². The van der Waals surface area contributed by atoms with Crippen LogP contribution in [0.2, 0.25) is 0 Å². The summed E-state index contributed by atoms with van der Waals surface area (Å²) < 4.78 is 0. The molecule has 1 heterocycles. The van der Waals surface area contributed by atoms with Crippen LogP contribution in [0.5, 0.6) is 0 Å². The van der Waals surface area contributed by atoms with Crippen LogP contribution in [0.1, 0.15) is 25.0 Å². The fourth-order valence-electron chi connectivity index (χ4n) is 2.53. The van der Waals surface area contributed by atoms with Gasteiger partial charge in [-0.15, -0.1) is 0 Å². The van der Waals surface area contributed by atoms with Crippen molar-refractivity contribution in [2.75, 3.05) is 32.6 Å². The summed E-state index contributed by atoms with van der Waals surface area (Å²) in [6.45, 7) is 1.43. The zero-order valence-corrected chi connectivity index (χ0v) is 11.6. The van der Waals surface area contributed by atoms with Crippen molar-refractivity contribution in [1.82, 2.24) is 14.9 Å². The SMILES string of the molecule is CN(CC1(N(C)C)CCC1)c1cncc(CN)n1. The van der Waals surface area contributed by atoms with Gasteiger partial charge in [0.15, 0.2) is 0 Å². The average molecular weight is 249 g/mol. The molecule has 1 saturated carbocycles. The van der Waals surface area contributed by atoms with E-state index in [0.717, 1.165) is 18.1 Å². The van der Waals surface area contributed by atoms with E-state index in [0.29, 0.717) is 12.1 Å². The maximum Gasteiger partial charge on any atom is 0.147 e. The summed E-state index contributed by atoms with van der Waals surface area (Å²) in [7, 11) is 6.40. The standard InChI is InChI=1S/C13H23N5/c1-17(2)13(5-4-6-13)10-18(3)12-9-15-8-11(7-14)16-12/h8-9H,4-7,10,14H2,1-3H3. The van der Waals surface area contributed by atoms with Gasteiger partial charge in [-0.05, 0) is 33.4 Å². The van der Waals surface area contributed by atoms with Gasteiger partial charge in [0.2, 0.25) is 0 Å². The predicted molar refractivity (Wildman–Crippen MR) is 73.5 cm³/mol. The first-order valence-electron chi connectivity index (χ1n) is 6.47. The summed E-state index contributed by atoms with van der Waals surface area (Å²) in [5.41, 5.74) is 6.74. The van der Waals surface area contributed by atoms with Crippen LogP contribution in [0, 0.1) is 0 Å². The molecule has 1 aromatic rings. The Hall–Kier alpha value is -1.20. The lowest BCUT2D eigenvalue weighted by Crippen LogP contribution is -2.56. The summed E-state index contributed by atoms with van der Waals surface area (Å²) in [6, 6.07) is 0. The van der Waals surface area contributed by atoms with E-state index in [9.17, 15) is 0 Å². The summed E-state index contributed by atoms with van der Waals surface area (Å²) in [4.78, 5) is 13.2. The smallest absolute Gasteiger partial charge is 0.147 e. The molecule has 0 saturated heterocycles. The lowest BCUT2D eigenvalue weighted by molar-refractivity contribution is 0.0681. The van der Waals surface area contributed by atoms with Crippen LogP contribution in [-0.4, -0.2) is 48.1 Å². The number of rotatable bonds is 5. The minimum atomic E-state index is 0.301. The molecule has 0 unspecified atom stereocenters. The predicted octanol–water partition coefficient (Wildman–Crippen LogP) is 0.856. The zero-order chi connectivity index (χ0) is 13.2. The van der Waals surface area contributed by atoms with Gasteiger partial charge < -0.3 is 15.5 Å². The molecule has 5 nitrogen and oxygen atoms in total. The Bertz CT molecular complexity index is 400. The fraction of sp³-hybridized carbons (Fsp3) is 0.692. The Morgan fingerprint density at radius 2 is 2.00 bits per heavy atom. The van der Waals surface area contributed by atoms with E-state index in [1.165, 1.54) is 19.3 Å². The number of anilines is 1. The molecule has 0 amide bonds. The third-order valence-electron chi connectivity index (χ3n) is 4.04. The van der Waals surface area contributed by atoms with E-state index in [1.54, 1.807) is 12.4 Å². The quantitative estimate of drug-likeness (QED) is 0.838. The molecule has 2 rings (SSSR count). The molecule has 1 aliphatic carbocycles. The van der Waals surface area contributed by atoms with Crippen LogP contribution >= 0.6 is 0 Å². The molecule has 0 spiro atoms. The molecule has 1 fully saturated rings. The molecule has 100 valence electrons. The minimum absolute atomic E-state index is 0.301. The van der Waals surface area contributed by atoms with Crippen molar-refractivity contribution in [3.8, 4) is 0 Å². The number of nitrogens with zero attached hydrogens (tertiary/aromatic N) is 4. The molecule has 0 aliphatic heterocycles. The monoisotopic (exact) mass is 249 g/mol. The molecule has 5 heteroatoms. The molecule has 18 heavy (non-hydrogen) atoms. The van der Waals surface area contributed by atoms with Crippen molar-refractivity contribution < 1.29 is 0 Å². The molecule has 0 radical (unpaired) electrons. The molecular formula is C13H23N5. The van der Waals surface area contributed by atoms with Crippen LogP contribution in [-0.2, 0) is 6.54 Å². The van der Waals surface area contributed by atoms with Crippen molar-refractivity contribution >= 4 is 5.82 Å². The molecule has 1 aliphatic rings. The summed E-state index contributed by atoms with van der Waals surface area (Å²) in [5, 5.41) is 0. The van der Waals surface area contributed by atoms with Gasteiger partial charge in [-0.2, -0.15) is 0 Å². The van der Waals surface area contributed by atoms with Gasteiger partial charge in [-0.1, -0.05) is 0 Å². The van der Waals surface area contributed by atoms with Crippen molar-refractivity contribution in [3.63, 3.8) is 0 Å². The molecule has 0 aromatic carbocycles. The van der Waals surface area contributed by atoms with Crippen molar-refractivity contribution in [1.29, 1.82) is 0 Å². The highest BCUT2D eigenvalue weighted by molar-refractivity contribution is 5.36. The fourth-order valence-corrected chi connectivity index (χ4v) is 2.53. The van der Waals surface area contributed by atoms with E-state index < -0.39 is 0 Å². The first-order chi connectivity index (χ1) is 8.57. The highest BCUT2D eigenvalue weighted by atomic mass is 15.3. The number of nitrogens with two attached hydrogens (primary N) is 1. The normalized spacial score (nSPS) is 17.6. The molecule has 0 atom stereocenters. The van der Waals surface area contributed by atoms with Crippen LogP contribution in [0.3, 0.4) is 0 Å². The molecule has 2 N–H and O–H groups in total. The third-order valence-corrected chi connectivity index (χ3v) is 4.04. The number of aromatic nitrogens is 2. The second-order valence-electron chi connectivity index (χ2n) is 5.40. The van der Waals surface area contributed by atoms with E-state index in [2.05, 4.69) is 40.9 Å². The van der Waals surface area contributed by atoms with E-state index in [1.807, 2.05) is 0 Å². The van der Waals surface area contributed by atoms with E-state index in [4.69, 9.17) is 5.73 Å². The highest BCUT2D eigenvalue weighted by Gasteiger charge is 2.40. The molecule has 0 bridgehead atoms. The largest absolute Gasteiger partial charge is 0.357 e. The van der Waals surface area contributed by atoms with Gasteiger partial charge >= 0.3 is 0 Å². The lowest BCUT2D eigenvalue weighted by atomic mass is 9.75. The van der Waals surface area contributed by atoms with Crippen LogP contribution in [0.15, 0.2) is 12.4 Å². The maximum atomic E-state index is 5.60. The Kier molecular flexibility index (Phi) is 3.82. The first-order valence-corrected chi connectivity index (χ1v) is 6.47. The Labute approximate surface area is 109 Å². The number of hydrogen-bond donors (Lipinski definition) is 1. The van der Waals surface area contributed by atoms with Crippen molar-refractivity contribution in [2.45, 2.75) is 31.3 Å². The topological polar surface area (TPSA) is 58.3 Å². The van der Waals surface area contributed by atoms with E-state index >= 15 is 0 Å². The third kappa shape index (κ3) is 2.47. The first kappa shape index (κ1) is 13.2. The van der Waals surface area contributed by atoms with Gasteiger partial charge in [0.25, 0.3) is 0 Å². The average Bonchev–Trinajstić information content (AvgIpc) is 2.33. The summed E-state index contributed by atoms with van der Waals surface area (Å²) in [5.74, 6) is 0.908. The lowest BCUT2D eigenvalue weighted by Gasteiger charge is -2.49. The highest BCUT2D eigenvalue weighted by Crippen LogP contribution is 2.37. The van der Waals surface area contributed by atoms with Gasteiger partial charge in [-0.25, -0.2) is 4.98 Å². The zero-order valence-electron chi connectivity index (χ0n) is 11.6. The van der Waals surface area contributed by atoms with Crippen molar-refractivity contribution in [2.24, 2.45) is 5.73 Å². The Morgan fingerprint density at radius 1 is 1.28 bits per heavy atom. The molecule has 1 aromatic heterocycles. The van der Waals surface area contributed by atoms with Gasteiger partial charge in [0.05, 0.1) is 11.9 Å². The van der Waals surface area contributed by atoms with Crippen molar-refractivity contribution in [3.05, 3.63) is 18.1 Å². The summed E-state index contributed by atoms with van der Waals surface area (Å²) in [6.07, 6.45) is 7.37.